The average molecular weight is 179 g/mol. The number of carboxylic acids is 1. The van der Waals surface area contributed by atoms with E-state index < -0.39 is 18.4 Å². The molecule has 5 heteroatoms. The molecular formula is C7H11F2NO2. The highest BCUT2D eigenvalue weighted by atomic mass is 19.3. The first kappa shape index (κ1) is 9.38. The number of carbonyl (C=O) groups is 1. The summed E-state index contributed by atoms with van der Waals surface area (Å²) in [7, 11) is 0. The lowest BCUT2D eigenvalue weighted by Crippen LogP contribution is -2.40. The predicted molar refractivity (Wildman–Crippen MR) is 38.2 cm³/mol. The van der Waals surface area contributed by atoms with Crippen LogP contribution in [0.3, 0.4) is 0 Å². The molecule has 0 saturated heterocycles. The zero-order valence-corrected chi connectivity index (χ0v) is 6.68. The molecule has 1 rings (SSSR count). The summed E-state index contributed by atoms with van der Waals surface area (Å²) < 4.78 is 24.8. The van der Waals surface area contributed by atoms with Gasteiger partial charge >= 0.3 is 11.9 Å². The first-order valence-electron chi connectivity index (χ1n) is 3.78. The first-order valence-corrected chi connectivity index (χ1v) is 3.78. The minimum absolute atomic E-state index is 0.0789. The maximum absolute atomic E-state index is 12.4. The van der Waals surface area contributed by atoms with E-state index in [4.69, 9.17) is 5.11 Å². The third kappa shape index (κ3) is 2.14. The number of halogens is 2. The maximum Gasteiger partial charge on any atom is 0.375 e. The van der Waals surface area contributed by atoms with Crippen molar-refractivity contribution in [2.24, 2.45) is 5.92 Å². The second-order valence-electron chi connectivity index (χ2n) is 3.21. The van der Waals surface area contributed by atoms with E-state index in [0.29, 0.717) is 5.92 Å². The highest BCUT2D eigenvalue weighted by Gasteiger charge is 2.41. The van der Waals surface area contributed by atoms with Crippen LogP contribution >= 0.6 is 0 Å². The van der Waals surface area contributed by atoms with Gasteiger partial charge in [0.2, 0.25) is 0 Å². The Kier molecular flexibility index (Phi) is 2.32. The van der Waals surface area contributed by atoms with Crippen LogP contribution < -0.4 is 5.32 Å². The quantitative estimate of drug-likeness (QED) is 0.668. The molecule has 2 atom stereocenters. The van der Waals surface area contributed by atoms with Crippen LogP contribution in [0.1, 0.15) is 13.3 Å². The van der Waals surface area contributed by atoms with E-state index in [1.54, 1.807) is 0 Å². The van der Waals surface area contributed by atoms with Gasteiger partial charge in [0, 0.05) is 6.04 Å². The fraction of sp³-hybridized carbons (Fsp3) is 0.857. The minimum atomic E-state index is -3.64. The summed E-state index contributed by atoms with van der Waals surface area (Å²) in [6.45, 7) is 1.16. The lowest BCUT2D eigenvalue weighted by Gasteiger charge is -2.11. The van der Waals surface area contributed by atoms with E-state index in [-0.39, 0.29) is 6.04 Å². The highest BCUT2D eigenvalue weighted by molar-refractivity contribution is 5.75. The maximum atomic E-state index is 12.4. The summed E-state index contributed by atoms with van der Waals surface area (Å²) in [6, 6.07) is 0.0789. The van der Waals surface area contributed by atoms with Gasteiger partial charge in [0.25, 0.3) is 0 Å². The minimum Gasteiger partial charge on any atom is -0.477 e. The van der Waals surface area contributed by atoms with Crippen LogP contribution in [0.2, 0.25) is 0 Å². The Bertz CT molecular complexity index is 196. The molecule has 0 bridgehead atoms. The van der Waals surface area contributed by atoms with Gasteiger partial charge in [-0.1, -0.05) is 6.92 Å². The lowest BCUT2D eigenvalue weighted by atomic mass is 10.3. The third-order valence-corrected chi connectivity index (χ3v) is 2.01. The topological polar surface area (TPSA) is 49.3 Å². The standard InChI is InChI=1S/C7H11F2NO2/c1-4-2-5(4)10-3-7(8,9)6(11)12/h4-5,10H,2-3H2,1H3,(H,11,12)/t4-,5-/m1/s1. The molecule has 1 aliphatic rings. The zero-order chi connectivity index (χ0) is 9.35. The number of hydrogen-bond acceptors (Lipinski definition) is 2. The summed E-state index contributed by atoms with van der Waals surface area (Å²) in [5.74, 6) is -5.31. The van der Waals surface area contributed by atoms with Crippen molar-refractivity contribution in [1.82, 2.24) is 5.32 Å². The summed E-state index contributed by atoms with van der Waals surface area (Å²) in [5.41, 5.74) is 0. The predicted octanol–water partition coefficient (Wildman–Crippen LogP) is 0.704. The SMILES string of the molecule is C[C@@H]1C[C@H]1NCC(F)(F)C(=O)O. The first-order chi connectivity index (χ1) is 5.43. The summed E-state index contributed by atoms with van der Waals surface area (Å²) in [6.07, 6.45) is 0.857. The summed E-state index contributed by atoms with van der Waals surface area (Å²) >= 11 is 0. The van der Waals surface area contributed by atoms with Crippen molar-refractivity contribution >= 4 is 5.97 Å². The van der Waals surface area contributed by atoms with Crippen LogP contribution in [0.25, 0.3) is 0 Å². The molecule has 0 aromatic heterocycles. The van der Waals surface area contributed by atoms with E-state index in [0.717, 1.165) is 6.42 Å². The Balaban J connectivity index is 2.25. The van der Waals surface area contributed by atoms with E-state index in [1.165, 1.54) is 0 Å². The van der Waals surface area contributed by atoms with E-state index >= 15 is 0 Å². The third-order valence-electron chi connectivity index (χ3n) is 2.01. The van der Waals surface area contributed by atoms with Gasteiger partial charge in [0.05, 0.1) is 6.54 Å². The van der Waals surface area contributed by atoms with Gasteiger partial charge in [0.1, 0.15) is 0 Å². The molecule has 1 fully saturated rings. The summed E-state index contributed by atoms with van der Waals surface area (Å²) in [5, 5.41) is 10.5. The highest BCUT2D eigenvalue weighted by Crippen LogP contribution is 2.29. The van der Waals surface area contributed by atoms with Gasteiger partial charge in [-0.15, -0.1) is 0 Å². The Morgan fingerprint density at radius 2 is 2.25 bits per heavy atom. The van der Waals surface area contributed by atoms with Crippen molar-refractivity contribution in [3.8, 4) is 0 Å². The van der Waals surface area contributed by atoms with Gasteiger partial charge in [0.15, 0.2) is 0 Å². The normalized spacial score (nSPS) is 28.6. The van der Waals surface area contributed by atoms with Gasteiger partial charge in [-0.05, 0) is 12.3 Å². The van der Waals surface area contributed by atoms with Crippen LogP contribution in [0.4, 0.5) is 8.78 Å². The van der Waals surface area contributed by atoms with Gasteiger partial charge in [-0.25, -0.2) is 4.79 Å². The largest absolute Gasteiger partial charge is 0.477 e. The molecule has 0 unspecified atom stereocenters. The molecule has 1 saturated carbocycles. The molecule has 0 amide bonds. The van der Waals surface area contributed by atoms with Crippen molar-refractivity contribution in [3.05, 3.63) is 0 Å². The summed E-state index contributed by atoms with van der Waals surface area (Å²) in [4.78, 5) is 9.95. The fourth-order valence-corrected chi connectivity index (χ4v) is 0.941. The smallest absolute Gasteiger partial charge is 0.375 e. The average Bonchev–Trinajstić information content (AvgIpc) is 2.62. The number of rotatable bonds is 4. The Labute approximate surface area is 68.8 Å². The van der Waals surface area contributed by atoms with Crippen molar-refractivity contribution in [3.63, 3.8) is 0 Å². The van der Waals surface area contributed by atoms with Crippen molar-refractivity contribution in [2.45, 2.75) is 25.3 Å². The molecule has 0 spiro atoms. The van der Waals surface area contributed by atoms with E-state index in [1.807, 2.05) is 6.92 Å². The fourth-order valence-electron chi connectivity index (χ4n) is 0.941. The van der Waals surface area contributed by atoms with Crippen LogP contribution in [0.15, 0.2) is 0 Å². The van der Waals surface area contributed by atoms with Crippen LogP contribution in [-0.2, 0) is 4.79 Å². The molecule has 1 aliphatic carbocycles. The molecule has 0 heterocycles. The Hall–Kier alpha value is -0.710. The molecule has 3 nitrogen and oxygen atoms in total. The van der Waals surface area contributed by atoms with Crippen molar-refractivity contribution in [1.29, 1.82) is 0 Å². The van der Waals surface area contributed by atoms with Crippen LogP contribution in [0.5, 0.6) is 0 Å². The molecule has 0 aromatic rings. The molecule has 0 radical (unpaired) electrons. The monoisotopic (exact) mass is 179 g/mol. The van der Waals surface area contributed by atoms with Gasteiger partial charge in [-0.3, -0.25) is 0 Å². The lowest BCUT2D eigenvalue weighted by molar-refractivity contribution is -0.164. The number of carboxylic acid groups (broad SMARTS) is 1. The number of alkyl halides is 2. The van der Waals surface area contributed by atoms with Gasteiger partial charge in [-0.2, -0.15) is 8.78 Å². The number of aliphatic carboxylic acids is 1. The Morgan fingerprint density at radius 3 is 2.58 bits per heavy atom. The molecular weight excluding hydrogens is 168 g/mol. The van der Waals surface area contributed by atoms with Crippen molar-refractivity contribution in [2.75, 3.05) is 6.54 Å². The van der Waals surface area contributed by atoms with Crippen LogP contribution in [-0.4, -0.2) is 29.6 Å². The molecule has 12 heavy (non-hydrogen) atoms. The second-order valence-corrected chi connectivity index (χ2v) is 3.21. The molecule has 0 aromatic carbocycles. The number of nitrogens with one attached hydrogen (secondary N) is 1. The van der Waals surface area contributed by atoms with E-state index in [2.05, 4.69) is 5.32 Å². The molecule has 2 N–H and O–H groups in total. The van der Waals surface area contributed by atoms with Crippen molar-refractivity contribution < 1.29 is 18.7 Å². The molecule has 70 valence electrons. The number of hydrogen-bond donors (Lipinski definition) is 2. The molecule has 0 aliphatic heterocycles. The van der Waals surface area contributed by atoms with Crippen LogP contribution in [0, 0.1) is 5.92 Å². The zero-order valence-electron chi connectivity index (χ0n) is 6.68. The van der Waals surface area contributed by atoms with Gasteiger partial charge < -0.3 is 10.4 Å². The second kappa shape index (κ2) is 2.97. The Morgan fingerprint density at radius 1 is 1.75 bits per heavy atom. The van der Waals surface area contributed by atoms with E-state index in [9.17, 15) is 13.6 Å².